The molecule has 1 rings (SSSR count). The molecule has 0 aromatic heterocycles. The van der Waals surface area contributed by atoms with Crippen molar-refractivity contribution in [2.75, 3.05) is 19.6 Å². The number of carboxylic acids is 1. The van der Waals surface area contributed by atoms with E-state index in [9.17, 15) is 9.90 Å². The first-order chi connectivity index (χ1) is 8.13. The van der Waals surface area contributed by atoms with Gasteiger partial charge < -0.3 is 15.1 Å². The molecule has 116 valence electrons. The van der Waals surface area contributed by atoms with E-state index in [1.54, 1.807) is 0 Å². The number of aliphatic hydroxyl groups is 1. The minimum absolute atomic E-state index is 0. The Balaban J connectivity index is 0. The van der Waals surface area contributed by atoms with Crippen molar-refractivity contribution >= 4 is 30.8 Å². The van der Waals surface area contributed by atoms with Gasteiger partial charge in [-0.25, -0.2) is 0 Å². The molecule has 6 heteroatoms. The smallest absolute Gasteiger partial charge is 0.306 e. The van der Waals surface area contributed by atoms with Crippen LogP contribution >= 0.6 is 24.8 Å². The Morgan fingerprint density at radius 1 is 1.37 bits per heavy atom. The molecule has 0 spiro atoms. The van der Waals surface area contributed by atoms with Gasteiger partial charge in [0.15, 0.2) is 0 Å². The average Bonchev–Trinajstić information content (AvgIpc) is 2.28. The fraction of sp³-hybridized carbons (Fsp3) is 0.923. The fourth-order valence-corrected chi connectivity index (χ4v) is 2.41. The van der Waals surface area contributed by atoms with Gasteiger partial charge >= 0.3 is 5.97 Å². The Bertz CT molecular complexity index is 242. The number of β-amino-alcohol motifs (C(OH)–C–C–N with tert-alkyl or cyclic N) is 1. The normalized spacial score (nSPS) is 21.1. The van der Waals surface area contributed by atoms with Gasteiger partial charge in [0.2, 0.25) is 0 Å². The highest BCUT2D eigenvalue weighted by Gasteiger charge is 2.21. The zero-order chi connectivity index (χ0) is 12.7. The van der Waals surface area contributed by atoms with Crippen molar-refractivity contribution in [3.05, 3.63) is 0 Å². The molecule has 0 radical (unpaired) electrons. The van der Waals surface area contributed by atoms with E-state index in [1.165, 1.54) is 0 Å². The highest BCUT2D eigenvalue weighted by molar-refractivity contribution is 5.85. The highest BCUT2D eigenvalue weighted by atomic mass is 35.5. The molecule has 0 amide bonds. The van der Waals surface area contributed by atoms with Gasteiger partial charge in [-0.15, -0.1) is 24.8 Å². The minimum Gasteiger partial charge on any atom is -0.481 e. The van der Waals surface area contributed by atoms with Crippen LogP contribution in [0.1, 0.15) is 45.4 Å². The van der Waals surface area contributed by atoms with Crippen molar-refractivity contribution in [1.29, 1.82) is 0 Å². The van der Waals surface area contributed by atoms with Gasteiger partial charge in [-0.3, -0.25) is 4.79 Å². The van der Waals surface area contributed by atoms with Crippen LogP contribution in [-0.4, -0.2) is 46.8 Å². The van der Waals surface area contributed by atoms with Crippen molar-refractivity contribution in [3.63, 3.8) is 0 Å². The highest BCUT2D eigenvalue weighted by Crippen LogP contribution is 2.16. The number of halogens is 2. The Hall–Kier alpha value is -0.0300. The predicted molar refractivity (Wildman–Crippen MR) is 81.4 cm³/mol. The lowest BCUT2D eigenvalue weighted by atomic mass is 9.97. The van der Waals surface area contributed by atoms with Crippen LogP contribution in [0.4, 0.5) is 0 Å². The maximum absolute atomic E-state index is 11.1. The zero-order valence-electron chi connectivity index (χ0n) is 11.6. The molecule has 0 bridgehead atoms. The fourth-order valence-electron chi connectivity index (χ4n) is 2.41. The number of hydrogen-bond donors (Lipinski definition) is 2. The molecule has 1 aliphatic rings. The van der Waals surface area contributed by atoms with Gasteiger partial charge in [0.05, 0.1) is 12.0 Å². The number of carbonyl (C=O) groups is 1. The second kappa shape index (κ2) is 11.8. The lowest BCUT2D eigenvalue weighted by Gasteiger charge is -2.30. The molecule has 2 N–H and O–H groups in total. The summed E-state index contributed by atoms with van der Waals surface area (Å²) in [5.74, 6) is -0.884. The molecule has 0 saturated carbocycles. The van der Waals surface area contributed by atoms with E-state index in [1.807, 2.05) is 0 Å². The molecule has 0 aromatic carbocycles. The first-order valence-electron chi connectivity index (χ1n) is 6.76. The topological polar surface area (TPSA) is 60.8 Å². The number of aliphatic hydroxyl groups excluding tert-OH is 1. The molecule has 1 fully saturated rings. The summed E-state index contributed by atoms with van der Waals surface area (Å²) in [6, 6.07) is 0. The number of hydrogen-bond acceptors (Lipinski definition) is 3. The van der Waals surface area contributed by atoms with E-state index in [0.29, 0.717) is 13.0 Å². The Kier molecular flexibility index (Phi) is 13.2. The predicted octanol–water partition coefficient (Wildman–Crippen LogP) is 2.57. The molecular formula is C13H27Cl2NO3. The summed E-state index contributed by atoms with van der Waals surface area (Å²) in [5, 5.41) is 18.7. The number of carboxylic acid groups (broad SMARTS) is 1. The molecular weight excluding hydrogens is 289 g/mol. The van der Waals surface area contributed by atoms with E-state index >= 15 is 0 Å². The molecule has 0 aliphatic carbocycles. The number of nitrogens with zero attached hydrogens (tertiary/aromatic N) is 1. The Labute approximate surface area is 128 Å². The maximum atomic E-state index is 11.1. The average molecular weight is 316 g/mol. The van der Waals surface area contributed by atoms with Crippen LogP contribution in [0.15, 0.2) is 0 Å². The van der Waals surface area contributed by atoms with Gasteiger partial charge in [-0.05, 0) is 38.8 Å². The third kappa shape index (κ3) is 8.69. The summed E-state index contributed by atoms with van der Waals surface area (Å²) in [6.45, 7) is 4.59. The lowest BCUT2D eigenvalue weighted by molar-refractivity contribution is -0.142. The maximum Gasteiger partial charge on any atom is 0.306 e. The molecule has 4 nitrogen and oxygen atoms in total. The van der Waals surface area contributed by atoms with Gasteiger partial charge in [0, 0.05) is 6.54 Å². The monoisotopic (exact) mass is 315 g/mol. The largest absolute Gasteiger partial charge is 0.481 e. The van der Waals surface area contributed by atoms with Gasteiger partial charge in [0.25, 0.3) is 0 Å². The summed E-state index contributed by atoms with van der Waals surface area (Å²) in [7, 11) is 0. The molecule has 19 heavy (non-hydrogen) atoms. The van der Waals surface area contributed by atoms with Crippen LogP contribution in [0, 0.1) is 5.92 Å². The number of aliphatic carboxylic acids is 1. The summed E-state index contributed by atoms with van der Waals surface area (Å²) < 4.78 is 0. The first-order valence-corrected chi connectivity index (χ1v) is 6.76. The minimum atomic E-state index is -0.670. The molecule has 2 atom stereocenters. The number of rotatable bonds is 7. The quantitative estimate of drug-likeness (QED) is 0.758. The number of unbranched alkanes of at least 4 members (excludes halogenated alkanes) is 1. The molecule has 0 aromatic rings. The number of likely N-dealkylation sites (tertiary alicyclic amines) is 1. The third-order valence-electron chi connectivity index (χ3n) is 3.53. The van der Waals surface area contributed by atoms with Gasteiger partial charge in [-0.1, -0.05) is 19.8 Å². The Morgan fingerprint density at radius 3 is 2.58 bits per heavy atom. The van der Waals surface area contributed by atoms with Crippen molar-refractivity contribution in [2.45, 2.75) is 51.6 Å². The molecule has 1 aliphatic heterocycles. The van der Waals surface area contributed by atoms with Crippen molar-refractivity contribution in [1.82, 2.24) is 4.90 Å². The summed E-state index contributed by atoms with van der Waals surface area (Å²) in [4.78, 5) is 13.3. The van der Waals surface area contributed by atoms with E-state index in [2.05, 4.69) is 11.8 Å². The zero-order valence-corrected chi connectivity index (χ0v) is 13.2. The van der Waals surface area contributed by atoms with Crippen molar-refractivity contribution < 1.29 is 15.0 Å². The molecule has 1 heterocycles. The molecule has 1 unspecified atom stereocenters. The van der Waals surface area contributed by atoms with Crippen LogP contribution in [0.25, 0.3) is 0 Å². The Morgan fingerprint density at radius 2 is 2.05 bits per heavy atom. The molecule has 1 saturated heterocycles. The summed E-state index contributed by atoms with van der Waals surface area (Å²) >= 11 is 0. The van der Waals surface area contributed by atoms with Crippen molar-refractivity contribution in [3.8, 4) is 0 Å². The van der Waals surface area contributed by atoms with Crippen LogP contribution < -0.4 is 0 Å². The van der Waals surface area contributed by atoms with Crippen LogP contribution in [0.3, 0.4) is 0 Å². The van der Waals surface area contributed by atoms with Gasteiger partial charge in [-0.2, -0.15) is 0 Å². The first kappa shape index (κ1) is 21.3. The number of piperidine rings is 1. The van der Waals surface area contributed by atoms with E-state index < -0.39 is 5.97 Å². The van der Waals surface area contributed by atoms with Gasteiger partial charge in [0.1, 0.15) is 0 Å². The lowest BCUT2D eigenvalue weighted by Crippen LogP contribution is -2.39. The van der Waals surface area contributed by atoms with Crippen LogP contribution in [0.5, 0.6) is 0 Å². The third-order valence-corrected chi connectivity index (χ3v) is 3.53. The van der Waals surface area contributed by atoms with Crippen molar-refractivity contribution in [2.24, 2.45) is 5.92 Å². The second-order valence-corrected chi connectivity index (χ2v) is 5.06. The van der Waals surface area contributed by atoms with Crippen LogP contribution in [0.2, 0.25) is 0 Å². The van der Waals surface area contributed by atoms with E-state index in [4.69, 9.17) is 5.11 Å². The summed E-state index contributed by atoms with van der Waals surface area (Å²) in [5.41, 5.74) is 0. The van der Waals surface area contributed by atoms with Crippen LogP contribution in [-0.2, 0) is 4.79 Å². The summed E-state index contributed by atoms with van der Waals surface area (Å²) in [6.07, 6.45) is 5.21. The second-order valence-electron chi connectivity index (χ2n) is 5.06. The van der Waals surface area contributed by atoms with E-state index in [0.717, 1.165) is 45.2 Å². The SMILES string of the molecule is CCCCC(CCN1CCC[C@H](O)C1)C(=O)O.Cl.Cl. The van der Waals surface area contributed by atoms with E-state index in [-0.39, 0.29) is 36.8 Å². The standard InChI is InChI=1S/C13H25NO3.2ClH/c1-2-3-5-11(13(16)17)7-9-14-8-4-6-12(15)10-14;;/h11-12,15H,2-10H2,1H3,(H,16,17);2*1H/t11?,12-;;/m0../s1.